The summed E-state index contributed by atoms with van der Waals surface area (Å²) in [7, 11) is -3.58. The average molecular weight is 293 g/mol. The van der Waals surface area contributed by atoms with Crippen molar-refractivity contribution >= 4 is 15.8 Å². The van der Waals surface area contributed by atoms with Crippen molar-refractivity contribution in [2.75, 3.05) is 0 Å². The standard InChI is InChI=1S/C15H19NO3S/c1-3-4-13-11-14(17)9-10-16(13)20(18,19)15-7-5-12(2)6-8-15/h5-10,13H,3-4,11H2,1-2H3/t13-/m0/s1. The molecule has 1 heterocycles. The summed E-state index contributed by atoms with van der Waals surface area (Å²) < 4.78 is 26.6. The highest BCUT2D eigenvalue weighted by atomic mass is 32.2. The minimum atomic E-state index is -3.58. The molecular weight excluding hydrogens is 274 g/mol. The second-order valence-corrected chi connectivity index (χ2v) is 6.92. The molecule has 20 heavy (non-hydrogen) atoms. The third kappa shape index (κ3) is 2.93. The average Bonchev–Trinajstić information content (AvgIpc) is 2.39. The quantitative estimate of drug-likeness (QED) is 0.857. The Hall–Kier alpha value is -1.62. The molecule has 0 bridgehead atoms. The van der Waals surface area contributed by atoms with Crippen molar-refractivity contribution < 1.29 is 13.2 Å². The van der Waals surface area contributed by atoms with Crippen LogP contribution in [0.2, 0.25) is 0 Å². The number of hydrogen-bond donors (Lipinski definition) is 0. The summed E-state index contributed by atoms with van der Waals surface area (Å²) in [5.74, 6) is -0.0150. The predicted molar refractivity (Wildman–Crippen MR) is 77.7 cm³/mol. The number of allylic oxidation sites excluding steroid dienone is 1. The molecule has 0 saturated carbocycles. The van der Waals surface area contributed by atoms with E-state index in [2.05, 4.69) is 0 Å². The van der Waals surface area contributed by atoms with Crippen LogP contribution < -0.4 is 0 Å². The lowest BCUT2D eigenvalue weighted by Gasteiger charge is -2.31. The Morgan fingerprint density at radius 3 is 2.50 bits per heavy atom. The largest absolute Gasteiger partial charge is 0.295 e. The van der Waals surface area contributed by atoms with Gasteiger partial charge in [-0.1, -0.05) is 31.0 Å². The summed E-state index contributed by atoms with van der Waals surface area (Å²) >= 11 is 0. The Labute approximate surface area is 120 Å². The van der Waals surface area contributed by atoms with Crippen molar-refractivity contribution in [1.82, 2.24) is 4.31 Å². The molecule has 0 amide bonds. The number of rotatable bonds is 4. The van der Waals surface area contributed by atoms with E-state index in [9.17, 15) is 13.2 Å². The number of carbonyl (C=O) groups excluding carboxylic acids is 1. The fourth-order valence-electron chi connectivity index (χ4n) is 2.34. The van der Waals surface area contributed by atoms with Crippen LogP contribution in [-0.2, 0) is 14.8 Å². The lowest BCUT2D eigenvalue weighted by atomic mass is 10.0. The van der Waals surface area contributed by atoms with Gasteiger partial charge >= 0.3 is 0 Å². The maximum absolute atomic E-state index is 12.7. The zero-order valence-electron chi connectivity index (χ0n) is 11.7. The lowest BCUT2D eigenvalue weighted by Crippen LogP contribution is -2.39. The first kappa shape index (κ1) is 14.8. The monoisotopic (exact) mass is 293 g/mol. The Morgan fingerprint density at radius 2 is 1.90 bits per heavy atom. The molecule has 4 nitrogen and oxygen atoms in total. The summed E-state index contributed by atoms with van der Waals surface area (Å²) in [5, 5.41) is 0. The number of sulfonamides is 1. The Bertz CT molecular complexity index is 617. The molecule has 0 N–H and O–H groups in total. The zero-order chi connectivity index (χ0) is 14.8. The first-order valence-electron chi connectivity index (χ1n) is 6.76. The van der Waals surface area contributed by atoms with Crippen molar-refractivity contribution in [3.63, 3.8) is 0 Å². The van der Waals surface area contributed by atoms with Crippen LogP contribution in [0.3, 0.4) is 0 Å². The third-order valence-electron chi connectivity index (χ3n) is 3.42. The van der Waals surface area contributed by atoms with Crippen LogP contribution in [0, 0.1) is 6.92 Å². The molecule has 1 atom stereocenters. The predicted octanol–water partition coefficient (Wildman–Crippen LogP) is 2.64. The molecule has 0 radical (unpaired) electrons. The Morgan fingerprint density at radius 1 is 1.25 bits per heavy atom. The van der Waals surface area contributed by atoms with E-state index in [1.165, 1.54) is 16.6 Å². The van der Waals surface area contributed by atoms with E-state index in [1.807, 2.05) is 13.8 Å². The van der Waals surface area contributed by atoms with Gasteiger partial charge in [0.05, 0.1) is 10.9 Å². The molecule has 1 aliphatic heterocycles. The molecule has 0 unspecified atom stereocenters. The van der Waals surface area contributed by atoms with Gasteiger partial charge in [-0.2, -0.15) is 0 Å². The van der Waals surface area contributed by atoms with Crippen molar-refractivity contribution in [3.05, 3.63) is 42.1 Å². The molecule has 2 rings (SSSR count). The Balaban J connectivity index is 2.38. The van der Waals surface area contributed by atoms with E-state index in [0.717, 1.165) is 12.0 Å². The first-order valence-corrected chi connectivity index (χ1v) is 8.20. The van der Waals surface area contributed by atoms with Gasteiger partial charge in [0.1, 0.15) is 0 Å². The molecule has 1 aromatic carbocycles. The highest BCUT2D eigenvalue weighted by molar-refractivity contribution is 7.89. The molecule has 1 aliphatic rings. The van der Waals surface area contributed by atoms with Gasteiger partial charge in [0, 0.05) is 12.6 Å². The molecule has 0 spiro atoms. The Kier molecular flexibility index (Phi) is 4.28. The lowest BCUT2D eigenvalue weighted by molar-refractivity contribution is -0.115. The third-order valence-corrected chi connectivity index (χ3v) is 5.27. The topological polar surface area (TPSA) is 54.5 Å². The fourth-order valence-corrected chi connectivity index (χ4v) is 3.86. The minimum absolute atomic E-state index is 0.0150. The van der Waals surface area contributed by atoms with Crippen LogP contribution in [0.1, 0.15) is 31.7 Å². The van der Waals surface area contributed by atoms with Gasteiger partial charge in [-0.25, -0.2) is 8.42 Å². The van der Waals surface area contributed by atoms with E-state index in [1.54, 1.807) is 24.3 Å². The van der Waals surface area contributed by atoms with E-state index in [4.69, 9.17) is 0 Å². The molecule has 0 aliphatic carbocycles. The smallest absolute Gasteiger partial charge is 0.264 e. The van der Waals surface area contributed by atoms with E-state index in [0.29, 0.717) is 6.42 Å². The highest BCUT2D eigenvalue weighted by Crippen LogP contribution is 2.25. The maximum atomic E-state index is 12.7. The SMILES string of the molecule is CCC[C@H]1CC(=O)C=CN1S(=O)(=O)c1ccc(C)cc1. The van der Waals surface area contributed by atoms with E-state index < -0.39 is 10.0 Å². The van der Waals surface area contributed by atoms with Gasteiger partial charge in [-0.05, 0) is 31.6 Å². The first-order chi connectivity index (χ1) is 9.45. The van der Waals surface area contributed by atoms with Gasteiger partial charge in [0.2, 0.25) is 0 Å². The second-order valence-electron chi connectivity index (χ2n) is 5.08. The summed E-state index contributed by atoms with van der Waals surface area (Å²) in [6.45, 7) is 3.90. The maximum Gasteiger partial charge on any atom is 0.264 e. The van der Waals surface area contributed by atoms with Crippen LogP contribution >= 0.6 is 0 Å². The van der Waals surface area contributed by atoms with Crippen molar-refractivity contribution in [3.8, 4) is 0 Å². The highest BCUT2D eigenvalue weighted by Gasteiger charge is 2.31. The van der Waals surface area contributed by atoms with E-state index >= 15 is 0 Å². The van der Waals surface area contributed by atoms with Gasteiger partial charge in [0.15, 0.2) is 5.78 Å². The summed E-state index contributed by atoms with van der Waals surface area (Å²) in [4.78, 5) is 11.8. The van der Waals surface area contributed by atoms with Gasteiger partial charge in [-0.3, -0.25) is 9.10 Å². The van der Waals surface area contributed by atoms with Crippen LogP contribution in [-0.4, -0.2) is 24.5 Å². The molecule has 0 fully saturated rings. The number of nitrogens with zero attached hydrogens (tertiary/aromatic N) is 1. The number of hydrogen-bond acceptors (Lipinski definition) is 3. The van der Waals surface area contributed by atoms with E-state index in [-0.39, 0.29) is 23.1 Å². The minimum Gasteiger partial charge on any atom is -0.295 e. The summed E-state index contributed by atoms with van der Waals surface area (Å²) in [6.07, 6.45) is 4.53. The van der Waals surface area contributed by atoms with Gasteiger partial charge in [0.25, 0.3) is 10.0 Å². The van der Waals surface area contributed by atoms with Crippen molar-refractivity contribution in [1.29, 1.82) is 0 Å². The molecule has 0 aromatic heterocycles. The van der Waals surface area contributed by atoms with Crippen LogP contribution in [0.25, 0.3) is 0 Å². The normalized spacial score (nSPS) is 19.4. The number of carbonyl (C=O) groups is 1. The number of aryl methyl sites for hydroxylation is 1. The number of ketones is 1. The molecule has 108 valence electrons. The molecule has 1 aromatic rings. The van der Waals surface area contributed by atoms with Gasteiger partial charge < -0.3 is 0 Å². The second kappa shape index (κ2) is 5.79. The summed E-state index contributed by atoms with van der Waals surface area (Å²) in [6, 6.07) is 6.50. The van der Waals surface area contributed by atoms with Crippen LogP contribution in [0.5, 0.6) is 0 Å². The summed E-state index contributed by atoms with van der Waals surface area (Å²) in [5.41, 5.74) is 1.01. The molecule has 5 heteroatoms. The van der Waals surface area contributed by atoms with Crippen molar-refractivity contribution in [2.24, 2.45) is 0 Å². The van der Waals surface area contributed by atoms with Gasteiger partial charge in [-0.15, -0.1) is 0 Å². The molecule has 0 saturated heterocycles. The van der Waals surface area contributed by atoms with Crippen molar-refractivity contribution in [2.45, 2.75) is 44.0 Å². The molecular formula is C15H19NO3S. The fraction of sp³-hybridized carbons (Fsp3) is 0.400. The van der Waals surface area contributed by atoms with Crippen LogP contribution in [0.15, 0.2) is 41.4 Å². The van der Waals surface area contributed by atoms with Crippen LogP contribution in [0.4, 0.5) is 0 Å². The zero-order valence-corrected chi connectivity index (χ0v) is 12.6. The number of benzene rings is 1.